The molecule has 1 aliphatic heterocycles. The first kappa shape index (κ1) is 31.6. The molecule has 1 amide bonds. The molecule has 1 fully saturated rings. The Bertz CT molecular complexity index is 1490. The van der Waals surface area contributed by atoms with Crippen LogP contribution in [0.15, 0.2) is 41.7 Å². The number of fused-ring (bicyclic) bond motifs is 2. The van der Waals surface area contributed by atoms with Crippen LogP contribution in [0.1, 0.15) is 40.7 Å². The van der Waals surface area contributed by atoms with E-state index in [-0.39, 0.29) is 42.8 Å². The molecule has 6 N–H and O–H groups in total. The molecule has 11 nitrogen and oxygen atoms in total. The molecule has 0 unspecified atom stereocenters. The van der Waals surface area contributed by atoms with Crippen molar-refractivity contribution in [1.29, 1.82) is 0 Å². The normalized spacial score (nSPS) is 24.2. The molecule has 1 heterocycles. The SMILES string of the molecule is CN1CCN(Cc2ccc(-c3cc(N(C)C)c4c(c3O)C(=O)C3=C(O)[C@](O)(C(=O)CC(N)=O)[C@H](CCO)C[C@@H]3C4)cc2)CC1. The topological polar surface area (TPSA) is 168 Å². The number of anilines is 1. The average molecular weight is 607 g/mol. The molecule has 2 aliphatic carbocycles. The number of ketones is 2. The van der Waals surface area contributed by atoms with Crippen molar-refractivity contribution in [2.75, 3.05) is 58.8 Å². The number of hydrogen-bond acceptors (Lipinski definition) is 10. The van der Waals surface area contributed by atoms with Crippen LogP contribution in [-0.4, -0.2) is 107 Å². The number of benzene rings is 2. The van der Waals surface area contributed by atoms with Crippen LogP contribution in [0, 0.1) is 11.8 Å². The van der Waals surface area contributed by atoms with Gasteiger partial charge in [-0.1, -0.05) is 24.3 Å². The third kappa shape index (κ3) is 5.61. The van der Waals surface area contributed by atoms with E-state index in [9.17, 15) is 34.8 Å². The Kier molecular flexibility index (Phi) is 8.86. The lowest BCUT2D eigenvalue weighted by molar-refractivity contribution is -0.147. The fraction of sp³-hybridized carbons (Fsp3) is 0.485. The van der Waals surface area contributed by atoms with Gasteiger partial charge in [0.2, 0.25) is 5.91 Å². The number of phenolic OH excluding ortho intramolecular Hbond substituents is 1. The average Bonchev–Trinajstić information content (AvgIpc) is 2.97. The highest BCUT2D eigenvalue weighted by Crippen LogP contribution is 2.51. The highest BCUT2D eigenvalue weighted by Gasteiger charge is 2.55. The number of aliphatic hydroxyl groups excluding tert-OH is 2. The summed E-state index contributed by atoms with van der Waals surface area (Å²) in [6.45, 7) is 4.47. The summed E-state index contributed by atoms with van der Waals surface area (Å²) in [6.07, 6.45) is -0.508. The number of carbonyl (C=O) groups is 3. The van der Waals surface area contributed by atoms with Gasteiger partial charge in [-0.05, 0) is 55.0 Å². The van der Waals surface area contributed by atoms with Crippen LogP contribution in [0.3, 0.4) is 0 Å². The lowest BCUT2D eigenvalue weighted by Crippen LogP contribution is -2.54. The van der Waals surface area contributed by atoms with E-state index in [1.54, 1.807) is 0 Å². The quantitative estimate of drug-likeness (QED) is 0.265. The summed E-state index contributed by atoms with van der Waals surface area (Å²) < 4.78 is 0. The molecule has 0 aromatic heterocycles. The number of aliphatic hydroxyl groups is 3. The van der Waals surface area contributed by atoms with Gasteiger partial charge in [-0.2, -0.15) is 0 Å². The molecular formula is C33H42N4O7. The number of phenols is 1. The molecule has 2 aromatic carbocycles. The molecule has 236 valence electrons. The predicted molar refractivity (Wildman–Crippen MR) is 165 cm³/mol. The molecule has 0 radical (unpaired) electrons. The van der Waals surface area contributed by atoms with Gasteiger partial charge in [0, 0.05) is 76.2 Å². The summed E-state index contributed by atoms with van der Waals surface area (Å²) in [7, 11) is 5.81. The zero-order valence-corrected chi connectivity index (χ0v) is 25.5. The van der Waals surface area contributed by atoms with Crippen molar-refractivity contribution in [1.82, 2.24) is 9.80 Å². The van der Waals surface area contributed by atoms with Gasteiger partial charge in [0.05, 0.1) is 12.0 Å². The summed E-state index contributed by atoms with van der Waals surface area (Å²) in [5.74, 6) is -5.30. The Morgan fingerprint density at radius 1 is 1.09 bits per heavy atom. The molecule has 1 saturated heterocycles. The summed E-state index contributed by atoms with van der Waals surface area (Å²) in [4.78, 5) is 45.4. The lowest BCUT2D eigenvalue weighted by Gasteiger charge is -2.44. The van der Waals surface area contributed by atoms with Gasteiger partial charge in [-0.3, -0.25) is 19.3 Å². The van der Waals surface area contributed by atoms with Gasteiger partial charge < -0.3 is 36.0 Å². The van der Waals surface area contributed by atoms with Crippen LogP contribution < -0.4 is 10.6 Å². The number of allylic oxidation sites excluding steroid dienone is 1. The van der Waals surface area contributed by atoms with Crippen molar-refractivity contribution in [3.8, 4) is 16.9 Å². The minimum Gasteiger partial charge on any atom is -0.508 e. The van der Waals surface area contributed by atoms with Gasteiger partial charge in [0.1, 0.15) is 11.5 Å². The zero-order valence-electron chi connectivity index (χ0n) is 25.5. The number of primary amides is 1. The Hall–Kier alpha value is -3.77. The first-order valence-corrected chi connectivity index (χ1v) is 15.1. The van der Waals surface area contributed by atoms with Crippen molar-refractivity contribution < 1.29 is 34.8 Å². The van der Waals surface area contributed by atoms with Gasteiger partial charge in [0.25, 0.3) is 0 Å². The maximum Gasteiger partial charge on any atom is 0.225 e. The van der Waals surface area contributed by atoms with Gasteiger partial charge in [-0.25, -0.2) is 0 Å². The number of rotatable bonds is 9. The minimum atomic E-state index is -2.56. The van der Waals surface area contributed by atoms with Crippen LogP contribution in [-0.2, 0) is 22.6 Å². The van der Waals surface area contributed by atoms with Crippen molar-refractivity contribution in [3.05, 3.63) is 58.4 Å². The number of nitrogens with zero attached hydrogens (tertiary/aromatic N) is 3. The number of Topliss-reactive ketones (excluding diaryl/α,β-unsaturated/α-hetero) is 2. The van der Waals surface area contributed by atoms with E-state index >= 15 is 0 Å². The molecule has 11 heteroatoms. The van der Waals surface area contributed by atoms with E-state index in [1.165, 1.54) is 0 Å². The number of amides is 1. The van der Waals surface area contributed by atoms with Gasteiger partial charge in [0.15, 0.2) is 17.2 Å². The number of nitrogens with two attached hydrogens (primary N) is 1. The fourth-order valence-electron chi connectivity index (χ4n) is 7.04. The molecule has 3 aliphatic rings. The summed E-state index contributed by atoms with van der Waals surface area (Å²) in [5, 5.41) is 44.2. The van der Waals surface area contributed by atoms with Crippen LogP contribution in [0.2, 0.25) is 0 Å². The monoisotopic (exact) mass is 606 g/mol. The van der Waals surface area contributed by atoms with E-state index in [2.05, 4.69) is 16.8 Å². The van der Waals surface area contributed by atoms with Crippen molar-refractivity contribution in [2.24, 2.45) is 17.6 Å². The Morgan fingerprint density at radius 3 is 2.34 bits per heavy atom. The molecular weight excluding hydrogens is 564 g/mol. The van der Waals surface area contributed by atoms with Gasteiger partial charge >= 0.3 is 0 Å². The van der Waals surface area contributed by atoms with Crippen molar-refractivity contribution in [3.63, 3.8) is 0 Å². The predicted octanol–water partition coefficient (Wildman–Crippen LogP) is 1.62. The summed E-state index contributed by atoms with van der Waals surface area (Å²) in [5.41, 5.74) is 6.13. The fourth-order valence-corrected chi connectivity index (χ4v) is 7.04. The maximum atomic E-state index is 14.2. The largest absolute Gasteiger partial charge is 0.508 e. The second kappa shape index (κ2) is 12.3. The van der Waals surface area contributed by atoms with E-state index in [0.717, 1.165) is 44.0 Å². The van der Waals surface area contributed by atoms with E-state index in [4.69, 9.17) is 5.73 Å². The number of carbonyl (C=O) groups excluding carboxylic acids is 3. The van der Waals surface area contributed by atoms with E-state index in [0.29, 0.717) is 16.7 Å². The highest BCUT2D eigenvalue weighted by molar-refractivity contribution is 6.16. The van der Waals surface area contributed by atoms with Crippen LogP contribution in [0.5, 0.6) is 5.75 Å². The molecule has 44 heavy (non-hydrogen) atoms. The van der Waals surface area contributed by atoms with E-state index in [1.807, 2.05) is 49.3 Å². The zero-order chi connectivity index (χ0) is 31.9. The molecule has 0 saturated carbocycles. The van der Waals surface area contributed by atoms with E-state index < -0.39 is 47.1 Å². The molecule has 0 spiro atoms. The van der Waals surface area contributed by atoms with Crippen LogP contribution in [0.4, 0.5) is 5.69 Å². The Labute approximate surface area is 257 Å². The molecule has 0 bridgehead atoms. The van der Waals surface area contributed by atoms with Crippen LogP contribution in [0.25, 0.3) is 11.1 Å². The lowest BCUT2D eigenvalue weighted by atomic mass is 9.62. The first-order chi connectivity index (χ1) is 20.9. The summed E-state index contributed by atoms with van der Waals surface area (Å²) >= 11 is 0. The smallest absolute Gasteiger partial charge is 0.225 e. The minimum absolute atomic E-state index is 0.0100. The number of aromatic hydroxyl groups is 1. The van der Waals surface area contributed by atoms with Crippen molar-refractivity contribution >= 4 is 23.2 Å². The molecule has 3 atom stereocenters. The first-order valence-electron chi connectivity index (χ1n) is 15.1. The summed E-state index contributed by atoms with van der Waals surface area (Å²) in [6, 6.07) is 9.72. The second-order valence-corrected chi connectivity index (χ2v) is 12.6. The second-order valence-electron chi connectivity index (χ2n) is 12.6. The van der Waals surface area contributed by atoms with Crippen molar-refractivity contribution in [2.45, 2.75) is 37.8 Å². The molecule has 5 rings (SSSR count). The molecule has 2 aromatic rings. The number of piperazine rings is 1. The van der Waals surface area contributed by atoms with Crippen LogP contribution >= 0.6 is 0 Å². The Balaban J connectivity index is 1.56. The third-order valence-corrected chi connectivity index (χ3v) is 9.48. The maximum absolute atomic E-state index is 14.2. The van der Waals surface area contributed by atoms with Gasteiger partial charge in [-0.15, -0.1) is 0 Å². The third-order valence-electron chi connectivity index (χ3n) is 9.48. The standard InChI is InChI=1S/C33H42N4O7/c1-35(2)25-16-23(20-6-4-19(5-7-20)18-37-11-9-36(3)10-12-37)30(41)29-24(25)15-21-14-22(8-13-38)33(44,26(39)17-27(34)40)32(43)28(21)31(29)42/h4-7,16,21-22,38,41,43-44H,8-15,17-18H2,1-3H3,(H2,34,40)/t21-,22-,33-/m1/s1. The number of likely N-dealkylation sites (N-methyl/N-ethyl adjacent to an activating group) is 1. The number of hydrogen-bond donors (Lipinski definition) is 5. The highest BCUT2D eigenvalue weighted by atomic mass is 16.3. The Morgan fingerprint density at radius 2 is 1.75 bits per heavy atom.